The third kappa shape index (κ3) is 5.63. The van der Waals surface area contributed by atoms with Gasteiger partial charge in [-0.25, -0.2) is 15.0 Å². The molecule has 1 N–H and O–H groups in total. The Morgan fingerprint density at radius 2 is 1.81 bits per heavy atom. The number of amides is 1. The van der Waals surface area contributed by atoms with E-state index < -0.39 is 0 Å². The smallest absolute Gasteiger partial charge is 0.248 e. The number of piperazine rings is 1. The highest BCUT2D eigenvalue weighted by Crippen LogP contribution is 2.26. The summed E-state index contributed by atoms with van der Waals surface area (Å²) in [6, 6.07) is 10.00. The van der Waals surface area contributed by atoms with E-state index in [4.69, 9.17) is 0 Å². The molecule has 0 bridgehead atoms. The Hall–Kier alpha value is -2.43. The number of guanidine groups is 1. The average Bonchev–Trinajstić information content (AvgIpc) is 2.82. The van der Waals surface area contributed by atoms with Crippen molar-refractivity contribution in [2.45, 2.75) is 19.8 Å². The molecule has 2 aromatic rings. The molecule has 1 saturated heterocycles. The summed E-state index contributed by atoms with van der Waals surface area (Å²) in [5.74, 6) is 1.61. The number of aromatic nitrogens is 2. The molecule has 1 amide bonds. The number of rotatable bonds is 4. The number of benzene rings is 1. The standard InChI is InChI=1S/C22H29N7O.HI/c1-2-23-21(27-13-15-28(16-14-27)22-24-10-6-11-25-22)26-17-20(30)29-12-5-8-18-7-3-4-9-19(18)29;/h3-4,6-7,9-11H,2,5,8,12-17H2,1H3,(H,23,26);1H. The van der Waals surface area contributed by atoms with Crippen molar-refractivity contribution in [3.05, 3.63) is 48.3 Å². The fourth-order valence-electron chi connectivity index (χ4n) is 4.02. The zero-order valence-corrected chi connectivity index (χ0v) is 20.2. The van der Waals surface area contributed by atoms with Crippen LogP contribution >= 0.6 is 24.0 Å². The molecule has 0 radical (unpaired) electrons. The maximum absolute atomic E-state index is 12.9. The van der Waals surface area contributed by atoms with Crippen molar-refractivity contribution in [1.82, 2.24) is 20.2 Å². The predicted molar refractivity (Wildman–Crippen MR) is 134 cm³/mol. The number of hydrogen-bond donors (Lipinski definition) is 1. The van der Waals surface area contributed by atoms with E-state index >= 15 is 0 Å². The van der Waals surface area contributed by atoms with Gasteiger partial charge in [0.15, 0.2) is 5.96 Å². The molecule has 0 aliphatic carbocycles. The van der Waals surface area contributed by atoms with Gasteiger partial charge in [0, 0.05) is 57.3 Å². The minimum Gasteiger partial charge on any atom is -0.357 e. The van der Waals surface area contributed by atoms with Crippen LogP contribution in [-0.4, -0.2) is 72.5 Å². The monoisotopic (exact) mass is 535 g/mol. The second-order valence-corrected chi connectivity index (χ2v) is 7.47. The number of nitrogens with one attached hydrogen (secondary N) is 1. The van der Waals surface area contributed by atoms with Crippen LogP contribution in [0, 0.1) is 0 Å². The summed E-state index contributed by atoms with van der Waals surface area (Å²) >= 11 is 0. The number of para-hydroxylation sites is 1. The van der Waals surface area contributed by atoms with E-state index in [1.54, 1.807) is 12.4 Å². The zero-order chi connectivity index (χ0) is 20.8. The first-order valence-electron chi connectivity index (χ1n) is 10.7. The van der Waals surface area contributed by atoms with E-state index in [2.05, 4.69) is 36.1 Å². The molecular formula is C22H30IN7O. The highest BCUT2D eigenvalue weighted by atomic mass is 127. The van der Waals surface area contributed by atoms with Crippen molar-refractivity contribution < 1.29 is 4.79 Å². The normalized spacial score (nSPS) is 16.4. The molecule has 0 saturated carbocycles. The zero-order valence-electron chi connectivity index (χ0n) is 17.9. The highest BCUT2D eigenvalue weighted by molar-refractivity contribution is 14.0. The number of carbonyl (C=O) groups excluding carboxylic acids is 1. The Kier molecular flexibility index (Phi) is 8.44. The molecule has 2 aliphatic rings. The van der Waals surface area contributed by atoms with Crippen LogP contribution < -0.4 is 15.1 Å². The van der Waals surface area contributed by atoms with Gasteiger partial charge in [-0.3, -0.25) is 4.79 Å². The average molecular weight is 535 g/mol. The van der Waals surface area contributed by atoms with Crippen LogP contribution in [0.2, 0.25) is 0 Å². The minimum atomic E-state index is 0. The van der Waals surface area contributed by atoms with Crippen LogP contribution in [0.4, 0.5) is 11.6 Å². The summed E-state index contributed by atoms with van der Waals surface area (Å²) in [5, 5.41) is 3.34. The predicted octanol–water partition coefficient (Wildman–Crippen LogP) is 2.16. The number of nitrogens with zero attached hydrogens (tertiary/aromatic N) is 6. The van der Waals surface area contributed by atoms with Crippen molar-refractivity contribution in [3.8, 4) is 0 Å². The molecule has 2 aliphatic heterocycles. The molecule has 9 heteroatoms. The number of anilines is 2. The van der Waals surface area contributed by atoms with E-state index in [1.807, 2.05) is 36.1 Å². The Morgan fingerprint density at radius 3 is 2.55 bits per heavy atom. The fraction of sp³-hybridized carbons (Fsp3) is 0.455. The summed E-state index contributed by atoms with van der Waals surface area (Å²) in [4.78, 5) is 32.6. The fourth-order valence-corrected chi connectivity index (χ4v) is 4.02. The molecule has 1 aromatic heterocycles. The lowest BCUT2D eigenvalue weighted by Gasteiger charge is -2.36. The van der Waals surface area contributed by atoms with Gasteiger partial charge in [-0.05, 0) is 37.5 Å². The minimum absolute atomic E-state index is 0. The largest absolute Gasteiger partial charge is 0.357 e. The SMILES string of the molecule is CCNC(=NCC(=O)N1CCCc2ccccc21)N1CCN(c2ncccn2)CC1.I. The first kappa shape index (κ1) is 23.2. The molecule has 1 fully saturated rings. The summed E-state index contributed by atoms with van der Waals surface area (Å²) < 4.78 is 0. The number of aryl methyl sites for hydroxylation is 1. The van der Waals surface area contributed by atoms with Crippen molar-refractivity contribution in [2.75, 3.05) is 55.6 Å². The second kappa shape index (κ2) is 11.3. The summed E-state index contributed by atoms with van der Waals surface area (Å²) in [6.45, 7) is 6.99. The maximum Gasteiger partial charge on any atom is 0.248 e. The Labute approximate surface area is 200 Å². The quantitative estimate of drug-likeness (QED) is 0.368. The van der Waals surface area contributed by atoms with Gasteiger partial charge in [-0.15, -0.1) is 24.0 Å². The molecule has 31 heavy (non-hydrogen) atoms. The topological polar surface area (TPSA) is 77.0 Å². The number of halogens is 1. The second-order valence-electron chi connectivity index (χ2n) is 7.47. The molecule has 0 unspecified atom stereocenters. The van der Waals surface area contributed by atoms with E-state index in [0.29, 0.717) is 0 Å². The van der Waals surface area contributed by atoms with Gasteiger partial charge in [0.05, 0.1) is 0 Å². The first-order valence-corrected chi connectivity index (χ1v) is 10.7. The van der Waals surface area contributed by atoms with E-state index in [9.17, 15) is 4.79 Å². The number of aliphatic imine (C=N–C) groups is 1. The molecule has 4 rings (SSSR count). The molecule has 0 atom stereocenters. The van der Waals surface area contributed by atoms with Gasteiger partial charge in [0.25, 0.3) is 0 Å². The van der Waals surface area contributed by atoms with E-state index in [0.717, 1.165) is 69.7 Å². The number of fused-ring (bicyclic) bond motifs is 1. The lowest BCUT2D eigenvalue weighted by atomic mass is 10.0. The van der Waals surface area contributed by atoms with Gasteiger partial charge in [-0.2, -0.15) is 0 Å². The van der Waals surface area contributed by atoms with Gasteiger partial charge < -0.3 is 20.0 Å². The lowest BCUT2D eigenvalue weighted by molar-refractivity contribution is -0.117. The van der Waals surface area contributed by atoms with E-state index in [-0.39, 0.29) is 36.4 Å². The van der Waals surface area contributed by atoms with Crippen LogP contribution in [0.25, 0.3) is 0 Å². The van der Waals surface area contributed by atoms with Crippen LogP contribution in [0.5, 0.6) is 0 Å². The third-order valence-corrected chi connectivity index (χ3v) is 5.52. The van der Waals surface area contributed by atoms with Crippen LogP contribution in [0.1, 0.15) is 18.9 Å². The third-order valence-electron chi connectivity index (χ3n) is 5.52. The van der Waals surface area contributed by atoms with Gasteiger partial charge in [-0.1, -0.05) is 18.2 Å². The van der Waals surface area contributed by atoms with Crippen molar-refractivity contribution >= 4 is 47.5 Å². The lowest BCUT2D eigenvalue weighted by Crippen LogP contribution is -2.53. The van der Waals surface area contributed by atoms with Gasteiger partial charge >= 0.3 is 0 Å². The van der Waals surface area contributed by atoms with Crippen LogP contribution in [0.3, 0.4) is 0 Å². The Bertz CT molecular complexity index is 884. The van der Waals surface area contributed by atoms with Crippen molar-refractivity contribution in [2.24, 2.45) is 4.99 Å². The molecule has 166 valence electrons. The summed E-state index contributed by atoms with van der Waals surface area (Å²) in [6.07, 6.45) is 5.56. The summed E-state index contributed by atoms with van der Waals surface area (Å²) in [7, 11) is 0. The molecule has 3 heterocycles. The molecule has 1 aromatic carbocycles. The van der Waals surface area contributed by atoms with Crippen molar-refractivity contribution in [1.29, 1.82) is 0 Å². The molecule has 0 spiro atoms. The Morgan fingerprint density at radius 1 is 1.06 bits per heavy atom. The summed E-state index contributed by atoms with van der Waals surface area (Å²) in [5.41, 5.74) is 2.28. The van der Waals surface area contributed by atoms with Gasteiger partial charge in [0.2, 0.25) is 11.9 Å². The molecular weight excluding hydrogens is 505 g/mol. The first-order chi connectivity index (χ1) is 14.8. The Balaban J connectivity index is 0.00000272. The van der Waals surface area contributed by atoms with E-state index in [1.165, 1.54) is 5.56 Å². The number of carbonyl (C=O) groups is 1. The van der Waals surface area contributed by atoms with Crippen LogP contribution in [-0.2, 0) is 11.2 Å². The maximum atomic E-state index is 12.9. The van der Waals surface area contributed by atoms with Gasteiger partial charge in [0.1, 0.15) is 6.54 Å². The molecule has 8 nitrogen and oxygen atoms in total. The number of hydrogen-bond acceptors (Lipinski definition) is 5. The van der Waals surface area contributed by atoms with Crippen molar-refractivity contribution in [3.63, 3.8) is 0 Å². The highest BCUT2D eigenvalue weighted by Gasteiger charge is 2.24. The van der Waals surface area contributed by atoms with Crippen LogP contribution in [0.15, 0.2) is 47.7 Å².